The van der Waals surface area contributed by atoms with Crippen LogP contribution in [0.15, 0.2) is 47.4 Å². The molecule has 2 nitrogen and oxygen atoms in total. The van der Waals surface area contributed by atoms with Crippen molar-refractivity contribution >= 4 is 29.2 Å². The third kappa shape index (κ3) is 3.65. The highest BCUT2D eigenvalue weighted by Gasteiger charge is 2.02. The number of aromatic nitrogens is 1. The zero-order valence-corrected chi connectivity index (χ0v) is 11.8. The van der Waals surface area contributed by atoms with E-state index in [-0.39, 0.29) is 0 Å². The monoisotopic (exact) mass is 278 g/mol. The summed E-state index contributed by atoms with van der Waals surface area (Å²) < 4.78 is 0. The molecule has 0 spiro atoms. The standard InChI is InChI=1S/C14H15ClN2S/c1-2-16-14-9-5-6-11(17-14)10-18-13-8-4-3-7-12(13)15/h3-9H,2,10H2,1H3,(H,16,17). The molecule has 1 aromatic heterocycles. The Hall–Kier alpha value is -1.19. The molecule has 1 N–H and O–H groups in total. The fourth-order valence-electron chi connectivity index (χ4n) is 1.55. The van der Waals surface area contributed by atoms with E-state index in [0.717, 1.165) is 33.7 Å². The van der Waals surface area contributed by atoms with Crippen LogP contribution in [0.3, 0.4) is 0 Å². The third-order valence-electron chi connectivity index (χ3n) is 2.38. The van der Waals surface area contributed by atoms with Gasteiger partial charge in [-0.2, -0.15) is 0 Å². The van der Waals surface area contributed by atoms with E-state index >= 15 is 0 Å². The van der Waals surface area contributed by atoms with Gasteiger partial charge < -0.3 is 5.32 Å². The van der Waals surface area contributed by atoms with Gasteiger partial charge in [0.15, 0.2) is 0 Å². The summed E-state index contributed by atoms with van der Waals surface area (Å²) in [6.45, 7) is 2.95. The van der Waals surface area contributed by atoms with Crippen LogP contribution in [-0.4, -0.2) is 11.5 Å². The van der Waals surface area contributed by atoms with Crippen LogP contribution in [0.1, 0.15) is 12.6 Å². The molecule has 0 fully saturated rings. The molecule has 0 radical (unpaired) electrons. The van der Waals surface area contributed by atoms with Crippen molar-refractivity contribution in [2.24, 2.45) is 0 Å². The predicted molar refractivity (Wildman–Crippen MR) is 79.4 cm³/mol. The molecular formula is C14H15ClN2S. The van der Waals surface area contributed by atoms with E-state index in [4.69, 9.17) is 11.6 Å². The second-order valence-corrected chi connectivity index (χ2v) is 5.19. The van der Waals surface area contributed by atoms with E-state index in [2.05, 4.69) is 17.2 Å². The molecule has 2 rings (SSSR count). The molecule has 0 aliphatic heterocycles. The zero-order chi connectivity index (χ0) is 12.8. The minimum Gasteiger partial charge on any atom is -0.370 e. The molecule has 4 heteroatoms. The van der Waals surface area contributed by atoms with Crippen LogP contribution in [-0.2, 0) is 5.75 Å². The maximum atomic E-state index is 6.12. The lowest BCUT2D eigenvalue weighted by molar-refractivity contribution is 1.11. The highest BCUT2D eigenvalue weighted by Crippen LogP contribution is 2.29. The van der Waals surface area contributed by atoms with E-state index in [9.17, 15) is 0 Å². The highest BCUT2D eigenvalue weighted by molar-refractivity contribution is 7.98. The van der Waals surface area contributed by atoms with Crippen LogP contribution in [0.2, 0.25) is 5.02 Å². The fraction of sp³-hybridized carbons (Fsp3) is 0.214. The Morgan fingerprint density at radius 2 is 2.00 bits per heavy atom. The molecule has 0 aliphatic rings. The number of nitrogens with zero attached hydrogens (tertiary/aromatic N) is 1. The number of pyridine rings is 1. The normalized spacial score (nSPS) is 10.3. The highest BCUT2D eigenvalue weighted by atomic mass is 35.5. The minimum atomic E-state index is 0.797. The first-order valence-corrected chi connectivity index (χ1v) is 7.23. The van der Waals surface area contributed by atoms with Crippen LogP contribution in [0.25, 0.3) is 0 Å². The number of thioether (sulfide) groups is 1. The lowest BCUT2D eigenvalue weighted by atomic mass is 10.4. The number of hydrogen-bond donors (Lipinski definition) is 1. The van der Waals surface area contributed by atoms with Crippen molar-refractivity contribution < 1.29 is 0 Å². The summed E-state index contributed by atoms with van der Waals surface area (Å²) in [7, 11) is 0. The second-order valence-electron chi connectivity index (χ2n) is 3.76. The van der Waals surface area contributed by atoms with E-state index in [0.29, 0.717) is 0 Å². The smallest absolute Gasteiger partial charge is 0.126 e. The van der Waals surface area contributed by atoms with E-state index in [1.54, 1.807) is 11.8 Å². The van der Waals surface area contributed by atoms with Gasteiger partial charge in [-0.05, 0) is 31.2 Å². The number of benzene rings is 1. The van der Waals surface area contributed by atoms with Crippen LogP contribution < -0.4 is 5.32 Å². The molecule has 1 heterocycles. The fourth-order valence-corrected chi connectivity index (χ4v) is 2.70. The maximum absolute atomic E-state index is 6.12. The lowest BCUT2D eigenvalue weighted by Crippen LogP contribution is -2.00. The Morgan fingerprint density at radius 1 is 1.17 bits per heavy atom. The molecule has 0 amide bonds. The SMILES string of the molecule is CCNc1cccc(CSc2ccccc2Cl)n1. The molecular weight excluding hydrogens is 264 g/mol. The summed E-state index contributed by atoms with van der Waals surface area (Å²) >= 11 is 7.82. The van der Waals surface area contributed by atoms with Crippen molar-refractivity contribution in [3.8, 4) is 0 Å². The molecule has 94 valence electrons. The van der Waals surface area contributed by atoms with Gasteiger partial charge in [0, 0.05) is 17.2 Å². The quantitative estimate of drug-likeness (QED) is 0.818. The van der Waals surface area contributed by atoms with Gasteiger partial charge >= 0.3 is 0 Å². The van der Waals surface area contributed by atoms with Gasteiger partial charge in [0.05, 0.1) is 10.7 Å². The Balaban J connectivity index is 2.02. The van der Waals surface area contributed by atoms with Crippen LogP contribution >= 0.6 is 23.4 Å². The first-order valence-electron chi connectivity index (χ1n) is 5.86. The van der Waals surface area contributed by atoms with E-state index < -0.39 is 0 Å². The number of rotatable bonds is 5. The van der Waals surface area contributed by atoms with E-state index in [1.165, 1.54) is 0 Å². The predicted octanol–water partition coefficient (Wildman–Crippen LogP) is 4.46. The molecule has 0 bridgehead atoms. The molecule has 18 heavy (non-hydrogen) atoms. The number of anilines is 1. The van der Waals surface area contributed by atoms with Crippen molar-refractivity contribution in [1.29, 1.82) is 0 Å². The lowest BCUT2D eigenvalue weighted by Gasteiger charge is -2.06. The molecule has 2 aromatic rings. The van der Waals surface area contributed by atoms with Gasteiger partial charge in [-0.25, -0.2) is 4.98 Å². The van der Waals surface area contributed by atoms with Crippen LogP contribution in [0.5, 0.6) is 0 Å². The Morgan fingerprint density at radius 3 is 2.78 bits per heavy atom. The minimum absolute atomic E-state index is 0.797. The van der Waals surface area contributed by atoms with Gasteiger partial charge in [-0.1, -0.05) is 29.8 Å². The van der Waals surface area contributed by atoms with Crippen LogP contribution in [0.4, 0.5) is 5.82 Å². The van der Waals surface area contributed by atoms with Gasteiger partial charge in [0.25, 0.3) is 0 Å². The Labute approximate surface area is 117 Å². The average Bonchev–Trinajstić information content (AvgIpc) is 2.39. The summed E-state index contributed by atoms with van der Waals surface area (Å²) in [6, 6.07) is 13.9. The zero-order valence-electron chi connectivity index (χ0n) is 10.2. The van der Waals surface area contributed by atoms with Gasteiger partial charge in [0.1, 0.15) is 5.82 Å². The summed E-state index contributed by atoms with van der Waals surface area (Å²) in [5.41, 5.74) is 1.05. The number of nitrogens with one attached hydrogen (secondary N) is 1. The number of halogens is 1. The van der Waals surface area contributed by atoms with Gasteiger partial charge in [-0.3, -0.25) is 0 Å². The molecule has 0 atom stereocenters. The summed E-state index contributed by atoms with van der Waals surface area (Å²) in [5.74, 6) is 1.75. The molecule has 0 unspecified atom stereocenters. The van der Waals surface area contributed by atoms with Crippen molar-refractivity contribution in [2.45, 2.75) is 17.6 Å². The number of hydrogen-bond acceptors (Lipinski definition) is 3. The first-order chi connectivity index (χ1) is 8.79. The summed E-state index contributed by atoms with van der Waals surface area (Å²) in [6.07, 6.45) is 0. The largest absolute Gasteiger partial charge is 0.370 e. The van der Waals surface area contributed by atoms with Crippen molar-refractivity contribution in [3.63, 3.8) is 0 Å². The third-order valence-corrected chi connectivity index (χ3v) is 3.93. The molecule has 1 aromatic carbocycles. The first kappa shape index (κ1) is 13.2. The van der Waals surface area contributed by atoms with Crippen LogP contribution in [0, 0.1) is 0 Å². The van der Waals surface area contributed by atoms with Crippen molar-refractivity contribution in [1.82, 2.24) is 4.98 Å². The van der Waals surface area contributed by atoms with Crippen molar-refractivity contribution in [2.75, 3.05) is 11.9 Å². The second kappa shape index (κ2) is 6.66. The maximum Gasteiger partial charge on any atom is 0.126 e. The van der Waals surface area contributed by atoms with Gasteiger partial charge in [-0.15, -0.1) is 11.8 Å². The van der Waals surface area contributed by atoms with Gasteiger partial charge in [0.2, 0.25) is 0 Å². The van der Waals surface area contributed by atoms with E-state index in [1.807, 2.05) is 42.5 Å². The average molecular weight is 279 g/mol. The Kier molecular flexibility index (Phi) is 4.90. The van der Waals surface area contributed by atoms with Crippen molar-refractivity contribution in [3.05, 3.63) is 53.2 Å². The summed E-state index contributed by atoms with van der Waals surface area (Å²) in [5, 5.41) is 4.01. The Bertz CT molecular complexity index is 517. The topological polar surface area (TPSA) is 24.9 Å². The molecule has 0 saturated heterocycles. The molecule has 0 aliphatic carbocycles. The summed E-state index contributed by atoms with van der Waals surface area (Å²) in [4.78, 5) is 5.62. The molecule has 0 saturated carbocycles.